The summed E-state index contributed by atoms with van der Waals surface area (Å²) in [5.41, 5.74) is 2.01. The molecule has 170 valence electrons. The zero-order valence-corrected chi connectivity index (χ0v) is 19.0. The second-order valence-electron chi connectivity index (χ2n) is 7.71. The molecule has 1 aliphatic rings. The average molecular weight is 438 g/mol. The third-order valence-electron chi connectivity index (χ3n) is 5.78. The Balaban J connectivity index is 1.28. The SMILES string of the molecule is CN=C(NCCc1nnc2ccccn12)N1CCN(Cc2cc(OC)ccc2OC)CC1. The highest BCUT2D eigenvalue weighted by molar-refractivity contribution is 5.80. The second kappa shape index (κ2) is 10.3. The predicted octanol–water partition coefficient (Wildman–Crippen LogP) is 1.68. The molecule has 0 amide bonds. The molecule has 2 aromatic heterocycles. The number of aliphatic imine (C=N–C) groups is 1. The Bertz CT molecular complexity index is 1060. The van der Waals surface area contributed by atoms with Gasteiger partial charge in [-0.3, -0.25) is 14.3 Å². The fourth-order valence-electron chi connectivity index (χ4n) is 4.04. The van der Waals surface area contributed by atoms with Crippen LogP contribution in [0.1, 0.15) is 11.4 Å². The molecule has 3 heterocycles. The number of fused-ring (bicyclic) bond motifs is 1. The van der Waals surface area contributed by atoms with Gasteiger partial charge >= 0.3 is 0 Å². The van der Waals surface area contributed by atoms with E-state index in [-0.39, 0.29) is 0 Å². The molecule has 1 aromatic carbocycles. The number of guanidine groups is 1. The van der Waals surface area contributed by atoms with Gasteiger partial charge < -0.3 is 19.7 Å². The van der Waals surface area contributed by atoms with Gasteiger partial charge in [0.15, 0.2) is 11.6 Å². The predicted molar refractivity (Wildman–Crippen MR) is 124 cm³/mol. The van der Waals surface area contributed by atoms with Crippen molar-refractivity contribution in [2.45, 2.75) is 13.0 Å². The van der Waals surface area contributed by atoms with Gasteiger partial charge in [0.05, 0.1) is 14.2 Å². The summed E-state index contributed by atoms with van der Waals surface area (Å²) in [6, 6.07) is 11.9. The molecule has 4 rings (SSSR count). The van der Waals surface area contributed by atoms with Crippen LogP contribution in [0.15, 0.2) is 47.6 Å². The monoisotopic (exact) mass is 437 g/mol. The van der Waals surface area contributed by atoms with E-state index in [2.05, 4.69) is 36.4 Å². The van der Waals surface area contributed by atoms with E-state index in [4.69, 9.17) is 9.47 Å². The van der Waals surface area contributed by atoms with Crippen LogP contribution >= 0.6 is 0 Å². The summed E-state index contributed by atoms with van der Waals surface area (Å²) in [4.78, 5) is 9.23. The first-order valence-electron chi connectivity index (χ1n) is 10.9. The van der Waals surface area contributed by atoms with Gasteiger partial charge in [-0.1, -0.05) is 6.07 Å². The van der Waals surface area contributed by atoms with E-state index in [1.54, 1.807) is 14.2 Å². The largest absolute Gasteiger partial charge is 0.497 e. The summed E-state index contributed by atoms with van der Waals surface area (Å²) >= 11 is 0. The van der Waals surface area contributed by atoms with Crippen molar-refractivity contribution in [3.8, 4) is 11.5 Å². The fraction of sp³-hybridized carbons (Fsp3) is 0.435. The van der Waals surface area contributed by atoms with Crippen molar-refractivity contribution >= 4 is 11.6 Å². The lowest BCUT2D eigenvalue weighted by Gasteiger charge is -2.36. The zero-order chi connectivity index (χ0) is 22.3. The maximum atomic E-state index is 5.53. The third kappa shape index (κ3) is 4.94. The van der Waals surface area contributed by atoms with Gasteiger partial charge in [-0.25, -0.2) is 0 Å². The third-order valence-corrected chi connectivity index (χ3v) is 5.78. The highest BCUT2D eigenvalue weighted by atomic mass is 16.5. The Kier molecular flexibility index (Phi) is 7.06. The van der Waals surface area contributed by atoms with Gasteiger partial charge in [-0.2, -0.15) is 0 Å². The quantitative estimate of drug-likeness (QED) is 0.445. The van der Waals surface area contributed by atoms with E-state index in [9.17, 15) is 0 Å². The van der Waals surface area contributed by atoms with E-state index in [1.807, 2.05) is 48.0 Å². The molecule has 0 bridgehead atoms. The number of aromatic nitrogens is 3. The molecular formula is C23H31N7O2. The summed E-state index contributed by atoms with van der Waals surface area (Å²) in [7, 11) is 5.23. The number of rotatable bonds is 7. The van der Waals surface area contributed by atoms with Crippen LogP contribution in [0, 0.1) is 0 Å². The van der Waals surface area contributed by atoms with Crippen molar-refractivity contribution in [1.82, 2.24) is 29.7 Å². The van der Waals surface area contributed by atoms with Gasteiger partial charge in [-0.15, -0.1) is 10.2 Å². The Morgan fingerprint density at radius 2 is 1.91 bits per heavy atom. The minimum Gasteiger partial charge on any atom is -0.497 e. The number of methoxy groups -OCH3 is 2. The normalized spacial score (nSPS) is 15.2. The Morgan fingerprint density at radius 1 is 1.06 bits per heavy atom. The molecule has 0 saturated carbocycles. The minimum absolute atomic E-state index is 0.754. The van der Waals surface area contributed by atoms with Crippen molar-refractivity contribution in [3.63, 3.8) is 0 Å². The van der Waals surface area contributed by atoms with Crippen molar-refractivity contribution in [1.29, 1.82) is 0 Å². The van der Waals surface area contributed by atoms with Crippen LogP contribution in [0.4, 0.5) is 0 Å². The summed E-state index contributed by atoms with van der Waals surface area (Å²) in [5.74, 6) is 3.62. The van der Waals surface area contributed by atoms with Crippen LogP contribution in [0.3, 0.4) is 0 Å². The van der Waals surface area contributed by atoms with Crippen LogP contribution in [0.5, 0.6) is 11.5 Å². The number of nitrogens with zero attached hydrogens (tertiary/aromatic N) is 6. The zero-order valence-electron chi connectivity index (χ0n) is 19.0. The van der Waals surface area contributed by atoms with Crippen LogP contribution in [-0.2, 0) is 13.0 Å². The molecule has 9 heteroatoms. The number of ether oxygens (including phenoxy) is 2. The lowest BCUT2D eigenvalue weighted by Crippen LogP contribution is -2.52. The lowest BCUT2D eigenvalue weighted by atomic mass is 10.1. The number of nitrogens with one attached hydrogen (secondary N) is 1. The molecule has 1 saturated heterocycles. The molecule has 0 atom stereocenters. The first-order chi connectivity index (χ1) is 15.7. The molecule has 3 aromatic rings. The highest BCUT2D eigenvalue weighted by Gasteiger charge is 2.21. The number of piperazine rings is 1. The summed E-state index contributed by atoms with van der Waals surface area (Å²) in [5, 5.41) is 12.0. The van der Waals surface area contributed by atoms with Crippen molar-refractivity contribution < 1.29 is 9.47 Å². The van der Waals surface area contributed by atoms with Crippen LogP contribution in [-0.4, -0.2) is 84.3 Å². The molecule has 0 aliphatic carbocycles. The fourth-order valence-corrected chi connectivity index (χ4v) is 4.04. The van der Waals surface area contributed by atoms with Crippen molar-refractivity contribution in [3.05, 3.63) is 54.0 Å². The second-order valence-corrected chi connectivity index (χ2v) is 7.71. The maximum Gasteiger partial charge on any atom is 0.193 e. The molecule has 9 nitrogen and oxygen atoms in total. The van der Waals surface area contributed by atoms with E-state index in [0.717, 1.165) is 80.2 Å². The van der Waals surface area contributed by atoms with Crippen LogP contribution in [0.25, 0.3) is 5.65 Å². The van der Waals surface area contributed by atoms with Crippen molar-refractivity contribution in [2.75, 3.05) is 54.0 Å². The maximum absolute atomic E-state index is 5.53. The van der Waals surface area contributed by atoms with Gasteiger partial charge in [0.25, 0.3) is 0 Å². The van der Waals surface area contributed by atoms with E-state index < -0.39 is 0 Å². The number of hydrogen-bond donors (Lipinski definition) is 1. The molecule has 1 N–H and O–H groups in total. The van der Waals surface area contributed by atoms with Crippen LogP contribution in [0.2, 0.25) is 0 Å². The summed E-state index contributed by atoms with van der Waals surface area (Å²) < 4.78 is 12.9. The van der Waals surface area contributed by atoms with Gasteiger partial charge in [0, 0.05) is 64.5 Å². The smallest absolute Gasteiger partial charge is 0.193 e. The molecule has 0 spiro atoms. The first-order valence-corrected chi connectivity index (χ1v) is 10.9. The Morgan fingerprint density at radius 3 is 2.66 bits per heavy atom. The number of pyridine rings is 1. The topological polar surface area (TPSA) is 79.5 Å². The number of hydrogen-bond acceptors (Lipinski definition) is 6. The molecular weight excluding hydrogens is 406 g/mol. The average Bonchev–Trinajstić information content (AvgIpc) is 3.25. The van der Waals surface area contributed by atoms with Gasteiger partial charge in [-0.05, 0) is 30.3 Å². The van der Waals surface area contributed by atoms with E-state index >= 15 is 0 Å². The molecule has 32 heavy (non-hydrogen) atoms. The molecule has 1 fully saturated rings. The van der Waals surface area contributed by atoms with Crippen molar-refractivity contribution in [2.24, 2.45) is 4.99 Å². The highest BCUT2D eigenvalue weighted by Crippen LogP contribution is 2.25. The summed E-state index contributed by atoms with van der Waals surface area (Å²) in [6.07, 6.45) is 2.77. The standard InChI is InChI=1S/C23H31N7O2/c1-24-23(25-10-9-22-27-26-21-6-4-5-11-30(21)22)29-14-12-28(13-15-29)17-18-16-19(31-2)7-8-20(18)32-3/h4-8,11,16H,9-10,12-15,17H2,1-3H3,(H,24,25). The van der Waals surface area contributed by atoms with Gasteiger partial charge in [0.1, 0.15) is 17.3 Å². The van der Waals surface area contributed by atoms with Crippen LogP contribution < -0.4 is 14.8 Å². The van der Waals surface area contributed by atoms with Gasteiger partial charge in [0.2, 0.25) is 0 Å². The number of benzene rings is 1. The first kappa shape index (κ1) is 21.9. The lowest BCUT2D eigenvalue weighted by molar-refractivity contribution is 0.171. The molecule has 0 radical (unpaired) electrons. The van der Waals surface area contributed by atoms with E-state index in [1.165, 1.54) is 0 Å². The Hall–Kier alpha value is -3.33. The molecule has 1 aliphatic heterocycles. The minimum atomic E-state index is 0.754. The summed E-state index contributed by atoms with van der Waals surface area (Å²) in [6.45, 7) is 5.33. The Labute approximate surface area is 188 Å². The molecule has 0 unspecified atom stereocenters. The van der Waals surface area contributed by atoms with E-state index in [0.29, 0.717) is 0 Å².